The fourth-order valence-corrected chi connectivity index (χ4v) is 1.89. The Balaban J connectivity index is 3.49. The molecular weight excluding hydrogens is 351 g/mol. The quantitative estimate of drug-likeness (QED) is 0.165. The average Bonchev–Trinajstić information content (AvgIpc) is 2.56. The van der Waals surface area contributed by atoms with Crippen molar-refractivity contribution in [1.29, 1.82) is 0 Å². The SMILES string of the molecule is OCC(O)C(O)C(O)C(O)CNOCCCCCCCOC(F)(F)F. The first-order valence-electron chi connectivity index (χ1n) is 8.07. The Hall–Kier alpha value is -0.530. The standard InChI is InChI=1S/C14H28F3NO7/c15-14(16,17)24-6-4-2-1-3-5-7-25-18-8-10(20)12(22)13(23)11(21)9-19/h10-13,18-23H,1-9H2. The van der Waals surface area contributed by atoms with Crippen molar-refractivity contribution in [2.45, 2.75) is 62.9 Å². The maximum Gasteiger partial charge on any atom is 0.522 e. The maximum absolute atomic E-state index is 11.7. The number of rotatable bonds is 15. The van der Waals surface area contributed by atoms with Gasteiger partial charge >= 0.3 is 6.36 Å². The second kappa shape index (κ2) is 13.6. The van der Waals surface area contributed by atoms with Crippen molar-refractivity contribution in [3.8, 4) is 0 Å². The summed E-state index contributed by atoms with van der Waals surface area (Å²) < 4.78 is 38.7. The van der Waals surface area contributed by atoms with Gasteiger partial charge in [-0.05, 0) is 12.8 Å². The number of hydrogen-bond donors (Lipinski definition) is 6. The molecule has 0 aliphatic rings. The predicted octanol–water partition coefficient (Wildman–Crippen LogP) is -0.570. The van der Waals surface area contributed by atoms with Gasteiger partial charge in [0.15, 0.2) is 0 Å². The molecule has 25 heavy (non-hydrogen) atoms. The molecule has 0 aliphatic heterocycles. The molecule has 4 unspecified atom stereocenters. The smallest absolute Gasteiger partial charge is 0.394 e. The van der Waals surface area contributed by atoms with Gasteiger partial charge in [-0.2, -0.15) is 5.48 Å². The first-order valence-corrected chi connectivity index (χ1v) is 8.07. The Labute approximate surface area is 144 Å². The van der Waals surface area contributed by atoms with Crippen LogP contribution in [-0.2, 0) is 9.57 Å². The molecule has 4 atom stereocenters. The molecule has 0 spiro atoms. The van der Waals surface area contributed by atoms with Crippen LogP contribution in [0.25, 0.3) is 0 Å². The summed E-state index contributed by atoms with van der Waals surface area (Å²) in [5.74, 6) is 0. The molecule has 0 saturated heterocycles. The highest BCUT2D eigenvalue weighted by molar-refractivity contribution is 4.80. The number of nitrogens with one attached hydrogen (secondary N) is 1. The van der Waals surface area contributed by atoms with Gasteiger partial charge in [-0.15, -0.1) is 13.2 Å². The van der Waals surface area contributed by atoms with Crippen molar-refractivity contribution in [2.24, 2.45) is 0 Å². The number of halogens is 3. The topological polar surface area (TPSA) is 132 Å². The molecule has 6 N–H and O–H groups in total. The van der Waals surface area contributed by atoms with Gasteiger partial charge in [0.25, 0.3) is 0 Å². The van der Waals surface area contributed by atoms with Crippen LogP contribution < -0.4 is 5.48 Å². The van der Waals surface area contributed by atoms with Crippen LogP contribution in [0.4, 0.5) is 13.2 Å². The molecular formula is C14H28F3NO7. The van der Waals surface area contributed by atoms with Crippen molar-refractivity contribution in [2.75, 3.05) is 26.4 Å². The van der Waals surface area contributed by atoms with Crippen molar-refractivity contribution in [3.63, 3.8) is 0 Å². The number of hydrogen-bond acceptors (Lipinski definition) is 8. The van der Waals surface area contributed by atoms with Crippen LogP contribution in [0.1, 0.15) is 32.1 Å². The fraction of sp³-hybridized carbons (Fsp3) is 1.00. The summed E-state index contributed by atoms with van der Waals surface area (Å²) in [6, 6.07) is 0. The lowest BCUT2D eigenvalue weighted by atomic mass is 10.0. The summed E-state index contributed by atoms with van der Waals surface area (Å²) in [6.07, 6.45) is -7.83. The van der Waals surface area contributed by atoms with Crippen LogP contribution in [0.15, 0.2) is 0 Å². The van der Waals surface area contributed by atoms with Crippen molar-refractivity contribution in [1.82, 2.24) is 5.48 Å². The van der Waals surface area contributed by atoms with Crippen LogP contribution in [0.5, 0.6) is 0 Å². The lowest BCUT2D eigenvalue weighted by Crippen LogP contribution is -2.49. The molecule has 11 heteroatoms. The van der Waals surface area contributed by atoms with Gasteiger partial charge < -0.3 is 30.4 Å². The van der Waals surface area contributed by atoms with E-state index in [1.54, 1.807) is 0 Å². The molecule has 0 heterocycles. The summed E-state index contributed by atoms with van der Waals surface area (Å²) >= 11 is 0. The minimum Gasteiger partial charge on any atom is -0.394 e. The number of ether oxygens (including phenoxy) is 1. The first kappa shape index (κ1) is 24.5. The van der Waals surface area contributed by atoms with Gasteiger partial charge in [0.05, 0.1) is 25.9 Å². The predicted molar refractivity (Wildman–Crippen MR) is 80.2 cm³/mol. The average molecular weight is 379 g/mol. The molecule has 0 rings (SSSR count). The van der Waals surface area contributed by atoms with E-state index < -0.39 is 37.4 Å². The van der Waals surface area contributed by atoms with E-state index in [1.165, 1.54) is 0 Å². The Bertz CT molecular complexity index is 323. The van der Waals surface area contributed by atoms with Gasteiger partial charge in [0.1, 0.15) is 18.3 Å². The van der Waals surface area contributed by atoms with E-state index in [2.05, 4.69) is 10.2 Å². The second-order valence-electron chi connectivity index (χ2n) is 5.56. The summed E-state index contributed by atoms with van der Waals surface area (Å²) in [6.45, 7) is -1.01. The highest BCUT2D eigenvalue weighted by Gasteiger charge is 2.30. The van der Waals surface area contributed by atoms with Crippen molar-refractivity contribution in [3.05, 3.63) is 0 Å². The van der Waals surface area contributed by atoms with E-state index in [4.69, 9.17) is 15.1 Å². The molecule has 0 aliphatic carbocycles. The molecule has 152 valence electrons. The Morgan fingerprint density at radius 3 is 1.88 bits per heavy atom. The number of aliphatic hydroxyl groups excluding tert-OH is 5. The lowest BCUT2D eigenvalue weighted by molar-refractivity contribution is -0.324. The lowest BCUT2D eigenvalue weighted by Gasteiger charge is -2.25. The third kappa shape index (κ3) is 13.3. The van der Waals surface area contributed by atoms with Crippen LogP contribution in [-0.4, -0.2) is 82.7 Å². The Kier molecular flexibility index (Phi) is 13.4. The Morgan fingerprint density at radius 1 is 0.800 bits per heavy atom. The largest absolute Gasteiger partial charge is 0.522 e. The summed E-state index contributed by atoms with van der Waals surface area (Å²) in [4.78, 5) is 5.01. The number of aliphatic hydroxyl groups is 5. The van der Waals surface area contributed by atoms with E-state index in [0.717, 1.165) is 12.8 Å². The zero-order valence-corrected chi connectivity index (χ0v) is 13.9. The van der Waals surface area contributed by atoms with Gasteiger partial charge in [0.2, 0.25) is 0 Å². The molecule has 0 aromatic heterocycles. The molecule has 0 radical (unpaired) electrons. The zero-order valence-electron chi connectivity index (χ0n) is 13.9. The van der Waals surface area contributed by atoms with Crippen LogP contribution in [0.3, 0.4) is 0 Å². The molecule has 0 aromatic rings. The van der Waals surface area contributed by atoms with Gasteiger partial charge in [-0.1, -0.05) is 19.3 Å². The summed E-state index contributed by atoms with van der Waals surface area (Å²) in [7, 11) is 0. The fourth-order valence-electron chi connectivity index (χ4n) is 1.89. The van der Waals surface area contributed by atoms with Gasteiger partial charge in [-0.25, -0.2) is 0 Å². The highest BCUT2D eigenvalue weighted by Crippen LogP contribution is 2.16. The van der Waals surface area contributed by atoms with E-state index >= 15 is 0 Å². The monoisotopic (exact) mass is 379 g/mol. The number of alkyl halides is 3. The van der Waals surface area contributed by atoms with Gasteiger partial charge in [0, 0.05) is 6.54 Å². The number of unbranched alkanes of at least 4 members (excludes halogenated alkanes) is 4. The molecule has 0 fully saturated rings. The third-order valence-electron chi connectivity index (χ3n) is 3.38. The molecule has 0 amide bonds. The molecule has 0 saturated carbocycles. The minimum atomic E-state index is -4.58. The normalized spacial score (nSPS) is 17.3. The van der Waals surface area contributed by atoms with Crippen molar-refractivity contribution >= 4 is 0 Å². The highest BCUT2D eigenvalue weighted by atomic mass is 19.4. The van der Waals surface area contributed by atoms with Crippen LogP contribution in [0, 0.1) is 0 Å². The van der Waals surface area contributed by atoms with Crippen molar-refractivity contribution < 1.29 is 48.3 Å². The molecule has 0 bridgehead atoms. The zero-order chi connectivity index (χ0) is 19.3. The minimum absolute atomic E-state index is 0.203. The molecule has 8 nitrogen and oxygen atoms in total. The molecule has 0 aromatic carbocycles. The second-order valence-corrected chi connectivity index (χ2v) is 5.56. The van der Waals surface area contributed by atoms with E-state index in [9.17, 15) is 28.5 Å². The van der Waals surface area contributed by atoms with Crippen LogP contribution >= 0.6 is 0 Å². The third-order valence-corrected chi connectivity index (χ3v) is 3.38. The first-order chi connectivity index (χ1) is 11.7. The summed E-state index contributed by atoms with van der Waals surface area (Å²) in [5.41, 5.74) is 2.40. The maximum atomic E-state index is 11.7. The van der Waals surface area contributed by atoms with E-state index in [-0.39, 0.29) is 13.2 Å². The van der Waals surface area contributed by atoms with E-state index in [1.807, 2.05) is 0 Å². The Morgan fingerprint density at radius 2 is 1.32 bits per heavy atom. The van der Waals surface area contributed by atoms with E-state index in [0.29, 0.717) is 25.9 Å². The number of hydroxylamine groups is 1. The summed E-state index contributed by atoms with van der Waals surface area (Å²) in [5, 5.41) is 46.3. The van der Waals surface area contributed by atoms with Gasteiger partial charge in [-0.3, -0.25) is 4.74 Å². The van der Waals surface area contributed by atoms with Crippen LogP contribution in [0.2, 0.25) is 0 Å².